The molecular weight excluding hydrogens is 334 g/mol. The number of nitrogen functional groups attached to an aromatic ring is 1. The summed E-state index contributed by atoms with van der Waals surface area (Å²) in [6.07, 6.45) is 4.42. The molecule has 1 aliphatic carbocycles. The summed E-state index contributed by atoms with van der Waals surface area (Å²) in [6, 6.07) is 9.49. The third-order valence-electron chi connectivity index (χ3n) is 4.01. The maximum Gasteiger partial charge on any atom is 0.331 e. The summed E-state index contributed by atoms with van der Waals surface area (Å²) < 4.78 is 5.59. The smallest absolute Gasteiger partial charge is 0.331 e. The predicted molar refractivity (Wildman–Crippen MR) is 101 cm³/mol. The second-order valence-electron chi connectivity index (χ2n) is 7.26. The molecule has 0 bridgehead atoms. The van der Waals surface area contributed by atoms with Crippen molar-refractivity contribution in [1.82, 2.24) is 0 Å². The molecule has 1 aromatic carbocycles. The van der Waals surface area contributed by atoms with Crippen molar-refractivity contribution >= 4 is 17.6 Å². The molecule has 2 rings (SSSR count). The van der Waals surface area contributed by atoms with Gasteiger partial charge in [-0.05, 0) is 39.8 Å². The van der Waals surface area contributed by atoms with Crippen molar-refractivity contribution in [3.05, 3.63) is 54.1 Å². The first-order valence-corrected chi connectivity index (χ1v) is 8.28. The fourth-order valence-electron chi connectivity index (χ4n) is 2.40. The molecule has 0 aliphatic heterocycles. The Hall–Kier alpha value is -2.60. The molecule has 2 unspecified atom stereocenters. The number of ether oxygens (including phenoxy) is 1. The van der Waals surface area contributed by atoms with Crippen LogP contribution < -0.4 is 5.73 Å². The maximum absolute atomic E-state index is 11.5. The molecule has 0 saturated heterocycles. The number of nitrogens with two attached hydrogens (primary N) is 1. The van der Waals surface area contributed by atoms with Crippen molar-refractivity contribution in [3.8, 4) is 0 Å². The van der Waals surface area contributed by atoms with Gasteiger partial charge in [-0.2, -0.15) is 0 Å². The van der Waals surface area contributed by atoms with Crippen LogP contribution in [0.1, 0.15) is 27.7 Å². The molecule has 0 heterocycles. The third-order valence-corrected chi connectivity index (χ3v) is 4.01. The number of aliphatic carboxylic acids is 2. The summed E-state index contributed by atoms with van der Waals surface area (Å²) in [7, 11) is 0. The van der Waals surface area contributed by atoms with E-state index in [1.165, 1.54) is 25.2 Å². The number of allylic oxidation sites excluding steroid dienone is 2. The summed E-state index contributed by atoms with van der Waals surface area (Å²) in [5.41, 5.74) is 4.52. The van der Waals surface area contributed by atoms with E-state index >= 15 is 0 Å². The zero-order valence-electron chi connectivity index (χ0n) is 15.6. The third kappa shape index (κ3) is 6.04. The lowest BCUT2D eigenvalue weighted by Gasteiger charge is -2.35. The van der Waals surface area contributed by atoms with Gasteiger partial charge in [0.1, 0.15) is 0 Å². The quantitative estimate of drug-likeness (QED) is 0.709. The van der Waals surface area contributed by atoms with Crippen molar-refractivity contribution in [1.29, 1.82) is 0 Å². The Labute approximate surface area is 154 Å². The standard InChI is InChI=1S/C14H20O5.C6H7N/c1-13(2,3)19-8-10-9(11(15)16)6-5-7-14(10,4)12(17)18;7-6-4-2-1-3-5-6/h5-7,10H,8H2,1-4H3,(H,15,16)(H,17,18);1-5H,7H2. The first kappa shape index (κ1) is 21.4. The largest absolute Gasteiger partial charge is 0.481 e. The van der Waals surface area contributed by atoms with Gasteiger partial charge in [-0.15, -0.1) is 0 Å². The topological polar surface area (TPSA) is 110 Å². The number of carboxylic acid groups (broad SMARTS) is 2. The Morgan fingerprint density at radius 3 is 2.15 bits per heavy atom. The second kappa shape index (κ2) is 8.67. The number of para-hydroxylation sites is 1. The van der Waals surface area contributed by atoms with Crippen LogP contribution in [-0.2, 0) is 14.3 Å². The molecule has 6 nitrogen and oxygen atoms in total. The fraction of sp³-hybridized carbons (Fsp3) is 0.400. The molecule has 2 atom stereocenters. The van der Waals surface area contributed by atoms with Crippen molar-refractivity contribution in [2.75, 3.05) is 12.3 Å². The SMILES string of the molecule is CC(C)(C)OCC1C(C(=O)O)=CC=CC1(C)C(=O)O.Nc1ccccc1. The van der Waals surface area contributed by atoms with E-state index in [0.717, 1.165) is 5.69 Å². The molecule has 0 saturated carbocycles. The van der Waals surface area contributed by atoms with Crippen LogP contribution in [0.25, 0.3) is 0 Å². The summed E-state index contributed by atoms with van der Waals surface area (Å²) in [4.78, 5) is 22.7. The Kier molecular flexibility index (Phi) is 7.15. The molecule has 0 radical (unpaired) electrons. The van der Waals surface area contributed by atoms with E-state index in [9.17, 15) is 19.8 Å². The van der Waals surface area contributed by atoms with Crippen molar-refractivity contribution in [2.45, 2.75) is 33.3 Å². The highest BCUT2D eigenvalue weighted by Gasteiger charge is 2.45. The van der Waals surface area contributed by atoms with Gasteiger partial charge in [0.25, 0.3) is 0 Å². The Morgan fingerprint density at radius 1 is 1.19 bits per heavy atom. The lowest BCUT2D eigenvalue weighted by atomic mass is 9.70. The minimum Gasteiger partial charge on any atom is -0.481 e. The van der Waals surface area contributed by atoms with Gasteiger partial charge in [-0.3, -0.25) is 4.79 Å². The number of carbonyl (C=O) groups is 2. The fourth-order valence-corrected chi connectivity index (χ4v) is 2.40. The summed E-state index contributed by atoms with van der Waals surface area (Å²) in [5, 5.41) is 18.6. The molecule has 1 aliphatic rings. The van der Waals surface area contributed by atoms with Gasteiger partial charge in [0.05, 0.1) is 17.6 Å². The van der Waals surface area contributed by atoms with E-state index in [-0.39, 0.29) is 12.2 Å². The first-order chi connectivity index (χ1) is 12.0. The number of benzene rings is 1. The Balaban J connectivity index is 0.000000401. The number of rotatable bonds is 4. The van der Waals surface area contributed by atoms with Crippen LogP contribution in [0.4, 0.5) is 5.69 Å². The summed E-state index contributed by atoms with van der Waals surface area (Å²) in [5.74, 6) is -2.89. The van der Waals surface area contributed by atoms with Gasteiger partial charge in [0.2, 0.25) is 0 Å². The van der Waals surface area contributed by atoms with Crippen LogP contribution in [-0.4, -0.2) is 34.4 Å². The van der Waals surface area contributed by atoms with Crippen LogP contribution in [0.3, 0.4) is 0 Å². The lowest BCUT2D eigenvalue weighted by Crippen LogP contribution is -2.42. The first-order valence-electron chi connectivity index (χ1n) is 8.28. The lowest BCUT2D eigenvalue weighted by molar-refractivity contribution is -0.150. The van der Waals surface area contributed by atoms with Gasteiger partial charge >= 0.3 is 11.9 Å². The Morgan fingerprint density at radius 2 is 1.77 bits per heavy atom. The van der Waals surface area contributed by atoms with Crippen molar-refractivity contribution < 1.29 is 24.5 Å². The average Bonchev–Trinajstić information content (AvgIpc) is 2.53. The highest BCUT2D eigenvalue weighted by molar-refractivity contribution is 5.91. The maximum atomic E-state index is 11.5. The van der Waals surface area contributed by atoms with Crippen LogP contribution in [0.2, 0.25) is 0 Å². The summed E-state index contributed by atoms with van der Waals surface area (Å²) >= 11 is 0. The second-order valence-corrected chi connectivity index (χ2v) is 7.26. The molecular formula is C20H27NO5. The highest BCUT2D eigenvalue weighted by atomic mass is 16.5. The monoisotopic (exact) mass is 361 g/mol. The van der Waals surface area contributed by atoms with E-state index < -0.39 is 28.9 Å². The molecule has 0 fully saturated rings. The average molecular weight is 361 g/mol. The van der Waals surface area contributed by atoms with Crippen LogP contribution >= 0.6 is 0 Å². The van der Waals surface area contributed by atoms with Crippen LogP contribution in [0, 0.1) is 11.3 Å². The molecule has 0 spiro atoms. The van der Waals surface area contributed by atoms with Crippen LogP contribution in [0.15, 0.2) is 54.1 Å². The molecule has 1 aromatic rings. The zero-order valence-corrected chi connectivity index (χ0v) is 15.6. The molecule has 142 valence electrons. The number of hydrogen-bond acceptors (Lipinski definition) is 4. The van der Waals surface area contributed by atoms with Crippen molar-refractivity contribution in [2.24, 2.45) is 11.3 Å². The van der Waals surface area contributed by atoms with E-state index in [1.54, 1.807) is 0 Å². The van der Waals surface area contributed by atoms with Gasteiger partial charge in [0.15, 0.2) is 0 Å². The number of anilines is 1. The minimum absolute atomic E-state index is 0.0504. The van der Waals surface area contributed by atoms with Gasteiger partial charge in [0, 0.05) is 17.2 Å². The molecule has 26 heavy (non-hydrogen) atoms. The van der Waals surface area contributed by atoms with Gasteiger partial charge < -0.3 is 20.7 Å². The minimum atomic E-state index is -1.27. The molecule has 0 aromatic heterocycles. The molecule has 0 amide bonds. The van der Waals surface area contributed by atoms with E-state index in [2.05, 4.69) is 0 Å². The molecule has 4 N–H and O–H groups in total. The van der Waals surface area contributed by atoms with Gasteiger partial charge in [-0.25, -0.2) is 4.79 Å². The predicted octanol–water partition coefficient (Wildman–Crippen LogP) is 3.36. The zero-order chi connectivity index (χ0) is 20.0. The van der Waals surface area contributed by atoms with Crippen molar-refractivity contribution in [3.63, 3.8) is 0 Å². The summed E-state index contributed by atoms with van der Waals surface area (Å²) in [6.45, 7) is 7.09. The van der Waals surface area contributed by atoms with Crippen LogP contribution in [0.5, 0.6) is 0 Å². The van der Waals surface area contributed by atoms with E-state index in [1.807, 2.05) is 51.1 Å². The normalized spacial score (nSPS) is 22.0. The number of carboxylic acids is 2. The van der Waals surface area contributed by atoms with E-state index in [0.29, 0.717) is 0 Å². The molecule has 6 heteroatoms. The van der Waals surface area contributed by atoms with E-state index in [4.69, 9.17) is 10.5 Å². The van der Waals surface area contributed by atoms with Gasteiger partial charge in [-0.1, -0.05) is 36.4 Å². The Bertz CT molecular complexity index is 688. The number of hydrogen-bond donors (Lipinski definition) is 3. The highest BCUT2D eigenvalue weighted by Crippen LogP contribution is 2.38.